The standard InChI is InChI=1S/C14H19N3S/c1-16-5-7-17(8-6-16)9-11-10-18-14-12(11)3-2-4-13(14)15/h2-4,10H,5-9,15H2,1H3. The molecule has 0 aliphatic carbocycles. The van der Waals surface area contributed by atoms with Crippen LogP contribution in [0.15, 0.2) is 23.6 Å². The molecule has 2 aromatic rings. The Morgan fingerprint density at radius 3 is 2.78 bits per heavy atom. The lowest BCUT2D eigenvalue weighted by Crippen LogP contribution is -2.43. The van der Waals surface area contributed by atoms with Crippen LogP contribution in [0.2, 0.25) is 0 Å². The normalized spacial score (nSPS) is 18.5. The molecule has 3 rings (SSSR count). The number of nitrogen functional groups attached to an aromatic ring is 1. The van der Waals surface area contributed by atoms with E-state index in [0.717, 1.165) is 25.3 Å². The fourth-order valence-corrected chi connectivity index (χ4v) is 3.49. The summed E-state index contributed by atoms with van der Waals surface area (Å²) < 4.78 is 1.24. The third kappa shape index (κ3) is 2.23. The second-order valence-corrected chi connectivity index (χ2v) is 5.94. The van der Waals surface area contributed by atoms with Gasteiger partial charge in [0, 0.05) is 38.4 Å². The summed E-state index contributed by atoms with van der Waals surface area (Å²) in [7, 11) is 2.19. The van der Waals surface area contributed by atoms with Crippen molar-refractivity contribution in [1.82, 2.24) is 9.80 Å². The molecule has 1 aromatic carbocycles. The van der Waals surface area contributed by atoms with E-state index in [4.69, 9.17) is 5.73 Å². The van der Waals surface area contributed by atoms with Crippen molar-refractivity contribution in [1.29, 1.82) is 0 Å². The Morgan fingerprint density at radius 2 is 2.00 bits per heavy atom. The smallest absolute Gasteiger partial charge is 0.0575 e. The molecule has 1 fully saturated rings. The Hall–Kier alpha value is -1.10. The largest absolute Gasteiger partial charge is 0.398 e. The van der Waals surface area contributed by atoms with Gasteiger partial charge in [0.05, 0.1) is 4.70 Å². The molecule has 0 spiro atoms. The highest BCUT2D eigenvalue weighted by atomic mass is 32.1. The molecular formula is C14H19N3S. The summed E-state index contributed by atoms with van der Waals surface area (Å²) >= 11 is 1.77. The van der Waals surface area contributed by atoms with E-state index in [1.165, 1.54) is 28.7 Å². The summed E-state index contributed by atoms with van der Waals surface area (Å²) in [6, 6.07) is 6.23. The molecule has 1 aliphatic heterocycles. The molecule has 0 atom stereocenters. The van der Waals surface area contributed by atoms with Gasteiger partial charge in [0.2, 0.25) is 0 Å². The van der Waals surface area contributed by atoms with Crippen LogP contribution >= 0.6 is 11.3 Å². The third-order valence-corrected chi connectivity index (χ3v) is 4.79. The van der Waals surface area contributed by atoms with E-state index < -0.39 is 0 Å². The number of nitrogens with two attached hydrogens (primary N) is 1. The minimum absolute atomic E-state index is 0.905. The summed E-state index contributed by atoms with van der Waals surface area (Å²) in [5.74, 6) is 0. The Balaban J connectivity index is 1.81. The summed E-state index contributed by atoms with van der Waals surface area (Å²) in [4.78, 5) is 4.92. The number of hydrogen-bond acceptors (Lipinski definition) is 4. The first-order chi connectivity index (χ1) is 8.74. The number of nitrogens with zero attached hydrogens (tertiary/aromatic N) is 2. The minimum Gasteiger partial charge on any atom is -0.398 e. The first-order valence-electron chi connectivity index (χ1n) is 6.39. The predicted octanol–water partition coefficient (Wildman–Crippen LogP) is 2.23. The Bertz CT molecular complexity index is 541. The highest BCUT2D eigenvalue weighted by molar-refractivity contribution is 7.18. The van der Waals surface area contributed by atoms with Gasteiger partial charge in [0.1, 0.15) is 0 Å². The molecule has 0 saturated carbocycles. The molecule has 2 N–H and O–H groups in total. The zero-order chi connectivity index (χ0) is 12.5. The van der Waals surface area contributed by atoms with Crippen molar-refractivity contribution in [3.05, 3.63) is 29.1 Å². The van der Waals surface area contributed by atoms with Crippen LogP contribution in [0.1, 0.15) is 5.56 Å². The van der Waals surface area contributed by atoms with Crippen LogP contribution in [0.25, 0.3) is 10.1 Å². The van der Waals surface area contributed by atoms with E-state index in [1.54, 1.807) is 11.3 Å². The maximum Gasteiger partial charge on any atom is 0.0575 e. The molecule has 0 bridgehead atoms. The average molecular weight is 261 g/mol. The van der Waals surface area contributed by atoms with Gasteiger partial charge < -0.3 is 10.6 Å². The first-order valence-corrected chi connectivity index (χ1v) is 7.27. The van der Waals surface area contributed by atoms with Crippen LogP contribution in [0.3, 0.4) is 0 Å². The van der Waals surface area contributed by atoms with Gasteiger partial charge in [-0.3, -0.25) is 4.90 Å². The first kappa shape index (κ1) is 12.0. The molecule has 4 heteroatoms. The summed E-state index contributed by atoms with van der Waals surface area (Å²) in [6.45, 7) is 5.72. The maximum absolute atomic E-state index is 6.01. The zero-order valence-corrected chi connectivity index (χ0v) is 11.5. The van der Waals surface area contributed by atoms with Crippen LogP contribution in [-0.4, -0.2) is 43.0 Å². The second-order valence-electron chi connectivity index (χ2n) is 5.06. The molecule has 96 valence electrons. The van der Waals surface area contributed by atoms with Gasteiger partial charge in [-0.05, 0) is 29.4 Å². The van der Waals surface area contributed by atoms with Crippen molar-refractivity contribution in [2.45, 2.75) is 6.54 Å². The number of hydrogen-bond donors (Lipinski definition) is 1. The van der Waals surface area contributed by atoms with Crippen molar-refractivity contribution < 1.29 is 0 Å². The summed E-state index contributed by atoms with van der Waals surface area (Å²) in [6.07, 6.45) is 0. The number of benzene rings is 1. The topological polar surface area (TPSA) is 32.5 Å². The van der Waals surface area contributed by atoms with Gasteiger partial charge in [0.25, 0.3) is 0 Å². The van der Waals surface area contributed by atoms with Crippen LogP contribution in [0.4, 0.5) is 5.69 Å². The van der Waals surface area contributed by atoms with Gasteiger partial charge in [-0.1, -0.05) is 12.1 Å². The molecule has 3 nitrogen and oxygen atoms in total. The molecule has 18 heavy (non-hydrogen) atoms. The van der Waals surface area contributed by atoms with E-state index in [2.05, 4.69) is 34.4 Å². The average Bonchev–Trinajstić information content (AvgIpc) is 2.77. The number of fused-ring (bicyclic) bond motifs is 1. The fraction of sp³-hybridized carbons (Fsp3) is 0.429. The SMILES string of the molecule is CN1CCN(Cc2csc3c(N)cccc23)CC1. The molecule has 0 amide bonds. The number of rotatable bonds is 2. The lowest BCUT2D eigenvalue weighted by atomic mass is 10.1. The van der Waals surface area contributed by atoms with E-state index in [-0.39, 0.29) is 0 Å². The van der Waals surface area contributed by atoms with Gasteiger partial charge >= 0.3 is 0 Å². The molecule has 1 saturated heterocycles. The molecule has 1 aromatic heterocycles. The van der Waals surface area contributed by atoms with Gasteiger partial charge in [0.15, 0.2) is 0 Å². The van der Waals surface area contributed by atoms with Crippen molar-refractivity contribution in [3.63, 3.8) is 0 Å². The van der Waals surface area contributed by atoms with Gasteiger partial charge in [-0.2, -0.15) is 0 Å². The van der Waals surface area contributed by atoms with Gasteiger partial charge in [-0.15, -0.1) is 11.3 Å². The van der Waals surface area contributed by atoms with E-state index in [1.807, 2.05) is 6.07 Å². The number of anilines is 1. The third-order valence-electron chi connectivity index (χ3n) is 3.70. The zero-order valence-electron chi connectivity index (χ0n) is 10.7. The molecular weight excluding hydrogens is 242 g/mol. The Morgan fingerprint density at radius 1 is 1.22 bits per heavy atom. The Labute approximate surface area is 112 Å². The molecule has 0 radical (unpaired) electrons. The quantitative estimate of drug-likeness (QED) is 0.842. The fourth-order valence-electron chi connectivity index (χ4n) is 2.50. The van der Waals surface area contributed by atoms with Crippen molar-refractivity contribution in [3.8, 4) is 0 Å². The summed E-state index contributed by atoms with van der Waals surface area (Å²) in [5, 5.41) is 3.60. The monoisotopic (exact) mass is 261 g/mol. The maximum atomic E-state index is 6.01. The summed E-state index contributed by atoms with van der Waals surface area (Å²) in [5.41, 5.74) is 8.34. The van der Waals surface area contributed by atoms with Crippen molar-refractivity contribution in [2.24, 2.45) is 0 Å². The Kier molecular flexibility index (Phi) is 3.24. The molecule has 1 aliphatic rings. The molecule has 2 heterocycles. The lowest BCUT2D eigenvalue weighted by molar-refractivity contribution is 0.148. The lowest BCUT2D eigenvalue weighted by Gasteiger charge is -2.32. The van der Waals surface area contributed by atoms with Crippen LogP contribution in [-0.2, 0) is 6.54 Å². The van der Waals surface area contributed by atoms with E-state index >= 15 is 0 Å². The predicted molar refractivity (Wildman–Crippen MR) is 79.0 cm³/mol. The van der Waals surface area contributed by atoms with Crippen LogP contribution in [0.5, 0.6) is 0 Å². The number of piperazine rings is 1. The number of likely N-dealkylation sites (N-methyl/N-ethyl adjacent to an activating group) is 1. The van der Waals surface area contributed by atoms with Gasteiger partial charge in [-0.25, -0.2) is 0 Å². The molecule has 0 unspecified atom stereocenters. The van der Waals surface area contributed by atoms with Crippen LogP contribution in [0, 0.1) is 0 Å². The van der Waals surface area contributed by atoms with E-state index in [0.29, 0.717) is 0 Å². The minimum atomic E-state index is 0.905. The van der Waals surface area contributed by atoms with E-state index in [9.17, 15) is 0 Å². The van der Waals surface area contributed by atoms with Crippen molar-refractivity contribution in [2.75, 3.05) is 39.0 Å². The highest BCUT2D eigenvalue weighted by Crippen LogP contribution is 2.31. The van der Waals surface area contributed by atoms with Crippen LogP contribution < -0.4 is 5.73 Å². The van der Waals surface area contributed by atoms with Crippen molar-refractivity contribution >= 4 is 27.1 Å². The second kappa shape index (κ2) is 4.88. The number of thiophene rings is 1. The highest BCUT2D eigenvalue weighted by Gasteiger charge is 2.15.